The number of nitrogens with zero attached hydrogens (tertiary/aromatic N) is 2. The highest BCUT2D eigenvalue weighted by molar-refractivity contribution is 6.31. The normalized spacial score (nSPS) is 20.5. The molecule has 3 nitrogen and oxygen atoms in total. The molecule has 0 fully saturated rings. The number of aliphatic hydroxyl groups excluding tert-OH is 1. The molecule has 17 heavy (non-hydrogen) atoms. The summed E-state index contributed by atoms with van der Waals surface area (Å²) in [6, 6.07) is 0. The zero-order valence-electron chi connectivity index (χ0n) is 10.4. The summed E-state index contributed by atoms with van der Waals surface area (Å²) in [5.41, 5.74) is 3.24. The number of aromatic nitrogens is 2. The van der Waals surface area contributed by atoms with Gasteiger partial charge in [0.25, 0.3) is 0 Å². The van der Waals surface area contributed by atoms with E-state index in [1.54, 1.807) is 0 Å². The van der Waals surface area contributed by atoms with Crippen molar-refractivity contribution in [3.05, 3.63) is 28.1 Å². The average molecular weight is 255 g/mol. The van der Waals surface area contributed by atoms with Gasteiger partial charge in [0.15, 0.2) is 0 Å². The maximum absolute atomic E-state index is 9.63. The number of hydrogen-bond acceptors (Lipinski definition) is 2. The quantitative estimate of drug-likeness (QED) is 0.843. The molecular formula is C13H19ClN2O. The first kappa shape index (κ1) is 12.7. The summed E-state index contributed by atoms with van der Waals surface area (Å²) in [4.78, 5) is 0. The van der Waals surface area contributed by atoms with Gasteiger partial charge in [0.2, 0.25) is 0 Å². The van der Waals surface area contributed by atoms with Crippen LogP contribution in [0.15, 0.2) is 11.6 Å². The topological polar surface area (TPSA) is 38.0 Å². The summed E-state index contributed by atoms with van der Waals surface area (Å²) in [5.74, 6) is 0. The average Bonchev–Trinajstić information content (AvgIpc) is 2.57. The van der Waals surface area contributed by atoms with Gasteiger partial charge in [-0.1, -0.05) is 23.3 Å². The SMILES string of the molecule is CCn1nc(C)c(Cl)c1CC1=CC(O)CCC1. The monoisotopic (exact) mass is 254 g/mol. The van der Waals surface area contributed by atoms with Crippen LogP contribution < -0.4 is 0 Å². The van der Waals surface area contributed by atoms with Crippen molar-refractivity contribution in [1.29, 1.82) is 0 Å². The number of allylic oxidation sites excluding steroid dienone is 1. The molecule has 1 N–H and O–H groups in total. The molecular weight excluding hydrogens is 236 g/mol. The van der Waals surface area contributed by atoms with Gasteiger partial charge in [-0.3, -0.25) is 4.68 Å². The Labute approximate surface area is 107 Å². The Morgan fingerprint density at radius 2 is 2.35 bits per heavy atom. The first-order valence-corrected chi connectivity index (χ1v) is 6.59. The van der Waals surface area contributed by atoms with Crippen LogP contribution in [-0.4, -0.2) is 21.0 Å². The largest absolute Gasteiger partial charge is 0.389 e. The highest BCUT2D eigenvalue weighted by atomic mass is 35.5. The first-order chi connectivity index (χ1) is 8.11. The van der Waals surface area contributed by atoms with Crippen LogP contribution in [0.5, 0.6) is 0 Å². The summed E-state index contributed by atoms with van der Waals surface area (Å²) >= 11 is 6.28. The van der Waals surface area contributed by atoms with Crippen LogP contribution in [0, 0.1) is 6.92 Å². The lowest BCUT2D eigenvalue weighted by Crippen LogP contribution is -2.12. The second-order valence-corrected chi connectivity index (χ2v) is 5.00. The van der Waals surface area contributed by atoms with Crippen LogP contribution in [0.4, 0.5) is 0 Å². The molecule has 0 spiro atoms. The molecule has 0 aliphatic heterocycles. The van der Waals surface area contributed by atoms with E-state index in [4.69, 9.17) is 11.6 Å². The van der Waals surface area contributed by atoms with Gasteiger partial charge >= 0.3 is 0 Å². The van der Waals surface area contributed by atoms with Crippen molar-refractivity contribution in [2.75, 3.05) is 0 Å². The number of aryl methyl sites for hydroxylation is 2. The third-order valence-corrected chi connectivity index (χ3v) is 3.76. The Hall–Kier alpha value is -0.800. The van der Waals surface area contributed by atoms with E-state index in [-0.39, 0.29) is 6.10 Å². The smallest absolute Gasteiger partial charge is 0.0850 e. The Bertz CT molecular complexity index is 437. The van der Waals surface area contributed by atoms with Gasteiger partial charge in [-0.05, 0) is 33.1 Å². The van der Waals surface area contributed by atoms with Crippen molar-refractivity contribution in [3.8, 4) is 0 Å². The first-order valence-electron chi connectivity index (χ1n) is 6.21. The number of aliphatic hydroxyl groups is 1. The molecule has 1 aromatic heterocycles. The molecule has 1 heterocycles. The van der Waals surface area contributed by atoms with Crippen LogP contribution in [0.2, 0.25) is 5.02 Å². The summed E-state index contributed by atoms with van der Waals surface area (Å²) in [6.07, 6.45) is 5.50. The van der Waals surface area contributed by atoms with Crippen molar-refractivity contribution in [1.82, 2.24) is 9.78 Å². The third kappa shape index (κ3) is 2.72. The fraction of sp³-hybridized carbons (Fsp3) is 0.615. The number of hydrogen-bond donors (Lipinski definition) is 1. The van der Waals surface area contributed by atoms with E-state index in [9.17, 15) is 5.11 Å². The molecule has 0 saturated carbocycles. The van der Waals surface area contributed by atoms with E-state index in [2.05, 4.69) is 12.0 Å². The minimum absolute atomic E-state index is 0.281. The molecule has 0 radical (unpaired) electrons. The minimum Gasteiger partial charge on any atom is -0.389 e. The zero-order valence-corrected chi connectivity index (χ0v) is 11.2. The number of halogens is 1. The van der Waals surface area contributed by atoms with E-state index in [1.165, 1.54) is 5.57 Å². The molecule has 94 valence electrons. The molecule has 1 aliphatic rings. The van der Waals surface area contributed by atoms with Gasteiger partial charge in [-0.2, -0.15) is 5.10 Å². The predicted octanol–water partition coefficient (Wildman–Crippen LogP) is 2.88. The lowest BCUT2D eigenvalue weighted by Gasteiger charge is -2.17. The molecule has 1 aromatic rings. The van der Waals surface area contributed by atoms with Crippen LogP contribution in [0.3, 0.4) is 0 Å². The van der Waals surface area contributed by atoms with Gasteiger partial charge in [-0.25, -0.2) is 0 Å². The number of rotatable bonds is 3. The molecule has 1 unspecified atom stereocenters. The van der Waals surface area contributed by atoms with Crippen molar-refractivity contribution in [2.24, 2.45) is 0 Å². The summed E-state index contributed by atoms with van der Waals surface area (Å²) < 4.78 is 1.96. The fourth-order valence-electron chi connectivity index (χ4n) is 2.38. The standard InChI is InChI=1S/C13H19ClN2O/c1-3-16-12(13(14)9(2)15-16)8-10-5-4-6-11(17)7-10/h7,11,17H,3-6,8H2,1-2H3. The summed E-state index contributed by atoms with van der Waals surface area (Å²) in [7, 11) is 0. The molecule has 1 aliphatic carbocycles. The molecule has 4 heteroatoms. The molecule has 1 atom stereocenters. The lowest BCUT2D eigenvalue weighted by atomic mass is 9.94. The van der Waals surface area contributed by atoms with Crippen LogP contribution in [0.25, 0.3) is 0 Å². The fourth-order valence-corrected chi connectivity index (χ4v) is 2.58. The van der Waals surface area contributed by atoms with Crippen molar-refractivity contribution < 1.29 is 5.11 Å². The van der Waals surface area contributed by atoms with Crippen molar-refractivity contribution >= 4 is 11.6 Å². The van der Waals surface area contributed by atoms with E-state index in [0.717, 1.165) is 48.6 Å². The van der Waals surface area contributed by atoms with Gasteiger partial charge in [0, 0.05) is 13.0 Å². The lowest BCUT2D eigenvalue weighted by molar-refractivity contribution is 0.201. The Morgan fingerprint density at radius 3 is 3.00 bits per heavy atom. The molecule has 0 amide bonds. The van der Waals surface area contributed by atoms with Gasteiger partial charge in [0.1, 0.15) is 0 Å². The molecule has 2 rings (SSSR count). The van der Waals surface area contributed by atoms with E-state index in [1.807, 2.05) is 17.7 Å². The summed E-state index contributed by atoms with van der Waals surface area (Å²) in [5, 5.41) is 14.8. The highest BCUT2D eigenvalue weighted by Crippen LogP contribution is 2.27. The maximum atomic E-state index is 9.63. The van der Waals surface area contributed by atoms with Crippen molar-refractivity contribution in [3.63, 3.8) is 0 Å². The molecule has 0 bridgehead atoms. The van der Waals surface area contributed by atoms with Crippen molar-refractivity contribution in [2.45, 2.75) is 52.2 Å². The Kier molecular flexibility index (Phi) is 3.89. The second kappa shape index (κ2) is 5.23. The van der Waals surface area contributed by atoms with E-state index < -0.39 is 0 Å². The van der Waals surface area contributed by atoms with Crippen LogP contribution in [0.1, 0.15) is 37.6 Å². The predicted molar refractivity (Wildman–Crippen MR) is 69.3 cm³/mol. The van der Waals surface area contributed by atoms with Gasteiger partial charge in [0.05, 0.1) is 22.5 Å². The third-order valence-electron chi connectivity index (χ3n) is 3.27. The highest BCUT2D eigenvalue weighted by Gasteiger charge is 2.17. The Morgan fingerprint density at radius 1 is 1.59 bits per heavy atom. The zero-order chi connectivity index (χ0) is 12.4. The molecule has 0 aromatic carbocycles. The van der Waals surface area contributed by atoms with E-state index >= 15 is 0 Å². The van der Waals surface area contributed by atoms with Crippen LogP contribution in [-0.2, 0) is 13.0 Å². The van der Waals surface area contributed by atoms with E-state index in [0.29, 0.717) is 0 Å². The molecule has 0 saturated heterocycles. The maximum Gasteiger partial charge on any atom is 0.0850 e. The van der Waals surface area contributed by atoms with Crippen LogP contribution >= 0.6 is 11.6 Å². The summed E-state index contributed by atoms with van der Waals surface area (Å²) in [6.45, 7) is 4.83. The minimum atomic E-state index is -0.281. The Balaban J connectivity index is 2.23. The van der Waals surface area contributed by atoms with Gasteiger partial charge < -0.3 is 5.11 Å². The van der Waals surface area contributed by atoms with Gasteiger partial charge in [-0.15, -0.1) is 0 Å². The second-order valence-electron chi connectivity index (χ2n) is 4.62.